The maximum Gasteiger partial charge on any atom is 0.251 e. The molecule has 4 aromatic rings. The molecular formula is C26H20FN3O3S. The molecule has 34 heavy (non-hydrogen) atoms. The molecule has 1 atom stereocenters. The van der Waals surface area contributed by atoms with Gasteiger partial charge in [0.1, 0.15) is 5.82 Å². The van der Waals surface area contributed by atoms with Crippen LogP contribution in [-0.4, -0.2) is 36.4 Å². The molecule has 1 aliphatic heterocycles. The van der Waals surface area contributed by atoms with Crippen LogP contribution in [0.5, 0.6) is 0 Å². The largest absolute Gasteiger partial charge is 0.348 e. The van der Waals surface area contributed by atoms with E-state index in [4.69, 9.17) is 0 Å². The highest BCUT2D eigenvalue weighted by Crippen LogP contribution is 2.34. The summed E-state index contributed by atoms with van der Waals surface area (Å²) in [5.74, 6) is -0.667. The van der Waals surface area contributed by atoms with E-state index in [1.165, 1.54) is 12.1 Å². The van der Waals surface area contributed by atoms with Gasteiger partial charge in [-0.25, -0.2) is 12.8 Å². The van der Waals surface area contributed by atoms with Gasteiger partial charge in [-0.2, -0.15) is 5.26 Å². The van der Waals surface area contributed by atoms with Gasteiger partial charge in [0.15, 0.2) is 9.84 Å². The molecular weight excluding hydrogens is 453 g/mol. The summed E-state index contributed by atoms with van der Waals surface area (Å²) < 4.78 is 38.9. The van der Waals surface area contributed by atoms with Crippen molar-refractivity contribution in [2.45, 2.75) is 12.5 Å². The number of fused-ring (bicyclic) bond motifs is 1. The number of halogens is 1. The summed E-state index contributed by atoms with van der Waals surface area (Å²) in [5.41, 5.74) is 4.09. The van der Waals surface area contributed by atoms with E-state index >= 15 is 0 Å². The van der Waals surface area contributed by atoms with Crippen molar-refractivity contribution >= 4 is 26.6 Å². The Balaban J connectivity index is 1.60. The summed E-state index contributed by atoms with van der Waals surface area (Å²) in [6, 6.07) is 20.3. The normalized spacial score (nSPS) is 16.9. The fraction of sp³-hybridized carbons (Fsp3) is 0.154. The fourth-order valence-electron chi connectivity index (χ4n) is 4.35. The van der Waals surface area contributed by atoms with Gasteiger partial charge in [0.25, 0.3) is 5.91 Å². The molecule has 0 spiro atoms. The molecule has 1 fully saturated rings. The van der Waals surface area contributed by atoms with Crippen LogP contribution >= 0.6 is 0 Å². The SMILES string of the molecule is N#Cc1cccc(-c2cn(-c3ccc(F)cc3)c3cc(C(=O)NC4CCS(=O)(=O)C4)ccc23)c1. The summed E-state index contributed by atoms with van der Waals surface area (Å²) in [4.78, 5) is 12.9. The molecule has 1 saturated heterocycles. The van der Waals surface area contributed by atoms with Gasteiger partial charge in [-0.05, 0) is 60.5 Å². The zero-order chi connectivity index (χ0) is 23.9. The summed E-state index contributed by atoms with van der Waals surface area (Å²) >= 11 is 0. The van der Waals surface area contributed by atoms with E-state index < -0.39 is 15.9 Å². The maximum absolute atomic E-state index is 13.6. The zero-order valence-electron chi connectivity index (χ0n) is 18.0. The lowest BCUT2D eigenvalue weighted by Crippen LogP contribution is -2.35. The number of carbonyl (C=O) groups excluding carboxylic acids is 1. The molecule has 0 bridgehead atoms. The van der Waals surface area contributed by atoms with E-state index in [0.29, 0.717) is 23.2 Å². The van der Waals surface area contributed by atoms with Crippen molar-refractivity contribution in [2.24, 2.45) is 0 Å². The minimum atomic E-state index is -3.11. The Morgan fingerprint density at radius 1 is 1.09 bits per heavy atom. The Kier molecular flexibility index (Phi) is 5.42. The van der Waals surface area contributed by atoms with Crippen molar-refractivity contribution in [2.75, 3.05) is 11.5 Å². The van der Waals surface area contributed by atoms with E-state index in [0.717, 1.165) is 22.0 Å². The molecule has 2 heterocycles. The minimum Gasteiger partial charge on any atom is -0.348 e. The highest BCUT2D eigenvalue weighted by Gasteiger charge is 2.29. The number of nitriles is 1. The summed E-state index contributed by atoms with van der Waals surface area (Å²) in [5, 5.41) is 13.0. The third-order valence-electron chi connectivity index (χ3n) is 6.04. The van der Waals surface area contributed by atoms with Gasteiger partial charge in [-0.15, -0.1) is 0 Å². The zero-order valence-corrected chi connectivity index (χ0v) is 18.8. The molecule has 170 valence electrons. The van der Waals surface area contributed by atoms with E-state index in [2.05, 4.69) is 11.4 Å². The number of carbonyl (C=O) groups is 1. The van der Waals surface area contributed by atoms with E-state index in [1.807, 2.05) is 29.0 Å². The molecule has 0 radical (unpaired) electrons. The number of rotatable bonds is 4. The Hall–Kier alpha value is -3.96. The quantitative estimate of drug-likeness (QED) is 0.480. The predicted molar refractivity (Wildman–Crippen MR) is 128 cm³/mol. The molecule has 1 amide bonds. The molecule has 8 heteroatoms. The number of hydrogen-bond donors (Lipinski definition) is 1. The lowest BCUT2D eigenvalue weighted by molar-refractivity contribution is 0.0941. The van der Waals surface area contributed by atoms with Crippen LogP contribution in [0.3, 0.4) is 0 Å². The van der Waals surface area contributed by atoms with Crippen molar-refractivity contribution in [3.05, 3.63) is 89.9 Å². The number of nitrogens with zero attached hydrogens (tertiary/aromatic N) is 2. The third kappa shape index (κ3) is 4.18. The second-order valence-electron chi connectivity index (χ2n) is 8.39. The fourth-order valence-corrected chi connectivity index (χ4v) is 6.02. The van der Waals surface area contributed by atoms with Gasteiger partial charge < -0.3 is 9.88 Å². The van der Waals surface area contributed by atoms with Crippen LogP contribution < -0.4 is 5.32 Å². The van der Waals surface area contributed by atoms with Gasteiger partial charge in [-0.1, -0.05) is 18.2 Å². The van der Waals surface area contributed by atoms with Crippen LogP contribution in [0.4, 0.5) is 4.39 Å². The molecule has 1 aliphatic rings. The highest BCUT2D eigenvalue weighted by molar-refractivity contribution is 7.91. The molecule has 1 unspecified atom stereocenters. The number of nitrogens with one attached hydrogen (secondary N) is 1. The molecule has 0 aliphatic carbocycles. The average Bonchev–Trinajstić information content (AvgIpc) is 3.38. The van der Waals surface area contributed by atoms with E-state index in [1.54, 1.807) is 36.4 Å². The minimum absolute atomic E-state index is 0.0493. The summed E-state index contributed by atoms with van der Waals surface area (Å²) in [6.07, 6.45) is 2.31. The lowest BCUT2D eigenvalue weighted by Gasteiger charge is -2.12. The summed E-state index contributed by atoms with van der Waals surface area (Å²) in [7, 11) is -3.11. The number of hydrogen-bond acceptors (Lipinski definition) is 4. The second-order valence-corrected chi connectivity index (χ2v) is 10.6. The Morgan fingerprint density at radius 3 is 2.59 bits per heavy atom. The Bertz CT molecular complexity index is 1570. The van der Waals surface area contributed by atoms with Gasteiger partial charge in [0, 0.05) is 34.4 Å². The van der Waals surface area contributed by atoms with Gasteiger partial charge in [0.05, 0.1) is 28.7 Å². The Labute approximate surface area is 196 Å². The van der Waals surface area contributed by atoms with Crippen molar-refractivity contribution in [1.29, 1.82) is 5.26 Å². The first-order chi connectivity index (χ1) is 16.3. The van der Waals surface area contributed by atoms with Crippen molar-refractivity contribution in [3.8, 4) is 22.9 Å². The first-order valence-electron chi connectivity index (χ1n) is 10.8. The van der Waals surface area contributed by atoms with Crippen molar-refractivity contribution in [1.82, 2.24) is 9.88 Å². The number of sulfone groups is 1. The number of benzene rings is 3. The summed E-state index contributed by atoms with van der Waals surface area (Å²) in [6.45, 7) is 0. The standard InChI is InChI=1S/C26H20FN3O3S/c27-20-5-7-22(8-6-20)30-15-24(18-3-1-2-17(12-18)14-28)23-9-4-19(13-25(23)30)26(31)29-21-10-11-34(32,33)16-21/h1-9,12-13,15,21H,10-11,16H2,(H,29,31). The van der Waals surface area contributed by atoms with Crippen molar-refractivity contribution in [3.63, 3.8) is 0 Å². The van der Waals surface area contributed by atoms with Gasteiger partial charge in [-0.3, -0.25) is 4.79 Å². The molecule has 1 N–H and O–H groups in total. The van der Waals surface area contributed by atoms with Gasteiger partial charge in [0.2, 0.25) is 0 Å². The molecule has 1 aromatic heterocycles. The van der Waals surface area contributed by atoms with Crippen LogP contribution in [0.2, 0.25) is 0 Å². The predicted octanol–water partition coefficient (Wildman–Crippen LogP) is 4.23. The smallest absolute Gasteiger partial charge is 0.251 e. The van der Waals surface area contributed by atoms with E-state index in [-0.39, 0.29) is 23.2 Å². The van der Waals surface area contributed by atoms with Gasteiger partial charge >= 0.3 is 0 Å². The highest BCUT2D eigenvalue weighted by atomic mass is 32.2. The van der Waals surface area contributed by atoms with E-state index in [9.17, 15) is 22.9 Å². The number of aromatic nitrogens is 1. The maximum atomic E-state index is 13.6. The third-order valence-corrected chi connectivity index (χ3v) is 7.81. The topological polar surface area (TPSA) is 92.0 Å². The monoisotopic (exact) mass is 473 g/mol. The molecule has 6 nitrogen and oxygen atoms in total. The van der Waals surface area contributed by atoms with Crippen LogP contribution in [-0.2, 0) is 9.84 Å². The molecule has 5 rings (SSSR count). The van der Waals surface area contributed by atoms with Crippen LogP contribution in [0, 0.1) is 17.1 Å². The van der Waals surface area contributed by atoms with Crippen molar-refractivity contribution < 1.29 is 17.6 Å². The average molecular weight is 474 g/mol. The molecule has 0 saturated carbocycles. The van der Waals surface area contributed by atoms with Crippen LogP contribution in [0.25, 0.3) is 27.7 Å². The lowest BCUT2D eigenvalue weighted by atomic mass is 10.0. The first-order valence-corrected chi connectivity index (χ1v) is 12.6. The first kappa shape index (κ1) is 21.9. The Morgan fingerprint density at radius 2 is 1.88 bits per heavy atom. The molecule has 3 aromatic carbocycles. The van der Waals surface area contributed by atoms with Crippen LogP contribution in [0.1, 0.15) is 22.3 Å². The van der Waals surface area contributed by atoms with Crippen LogP contribution in [0.15, 0.2) is 72.9 Å². The second kappa shape index (κ2) is 8.43. The number of amides is 1.